The van der Waals surface area contributed by atoms with E-state index in [0.717, 1.165) is 56.2 Å². The molecule has 1 aromatic carbocycles. The van der Waals surface area contributed by atoms with Crippen molar-refractivity contribution < 1.29 is 0 Å². The molecular formula is C27H29N7O. The Morgan fingerprint density at radius 3 is 2.71 bits per heavy atom. The van der Waals surface area contributed by atoms with E-state index in [2.05, 4.69) is 25.5 Å². The molecule has 2 unspecified atom stereocenters. The van der Waals surface area contributed by atoms with Gasteiger partial charge in [-0.15, -0.1) is 0 Å². The zero-order valence-corrected chi connectivity index (χ0v) is 19.6. The first kappa shape index (κ1) is 21.7. The Labute approximate surface area is 203 Å². The molecule has 2 aliphatic heterocycles. The number of benzene rings is 1. The molecule has 2 atom stereocenters. The van der Waals surface area contributed by atoms with Gasteiger partial charge in [0, 0.05) is 36.9 Å². The molecule has 3 aromatic heterocycles. The van der Waals surface area contributed by atoms with E-state index in [1.165, 1.54) is 5.56 Å². The number of rotatable bonds is 5. The van der Waals surface area contributed by atoms with E-state index >= 15 is 0 Å². The average Bonchev–Trinajstić information content (AvgIpc) is 3.40. The number of piperidine rings is 1. The van der Waals surface area contributed by atoms with Crippen molar-refractivity contribution in [3.63, 3.8) is 0 Å². The third-order valence-electron chi connectivity index (χ3n) is 7.01. The monoisotopic (exact) mass is 467 g/mol. The van der Waals surface area contributed by atoms with Gasteiger partial charge in [-0.3, -0.25) is 14.8 Å². The number of H-pyrrole nitrogens is 1. The number of anilines is 2. The van der Waals surface area contributed by atoms with E-state index in [-0.39, 0.29) is 17.6 Å². The fourth-order valence-corrected chi connectivity index (χ4v) is 5.27. The predicted octanol–water partition coefficient (Wildman–Crippen LogP) is 3.89. The van der Waals surface area contributed by atoms with Gasteiger partial charge < -0.3 is 15.5 Å². The lowest BCUT2D eigenvalue weighted by molar-refractivity contribution is 0.479. The number of hydrogen-bond acceptors (Lipinski definition) is 7. The molecule has 8 nitrogen and oxygen atoms in total. The summed E-state index contributed by atoms with van der Waals surface area (Å²) in [7, 11) is 0. The van der Waals surface area contributed by atoms with Gasteiger partial charge in [-0.25, -0.2) is 4.98 Å². The zero-order valence-electron chi connectivity index (χ0n) is 19.6. The third kappa shape index (κ3) is 4.37. The van der Waals surface area contributed by atoms with Crippen LogP contribution < -0.4 is 21.1 Å². The Morgan fingerprint density at radius 2 is 1.86 bits per heavy atom. The molecule has 0 spiro atoms. The largest absolute Gasteiger partial charge is 0.365 e. The highest BCUT2D eigenvalue weighted by molar-refractivity contribution is 5.83. The molecule has 0 radical (unpaired) electrons. The lowest BCUT2D eigenvalue weighted by Gasteiger charge is -2.28. The van der Waals surface area contributed by atoms with Gasteiger partial charge >= 0.3 is 0 Å². The van der Waals surface area contributed by atoms with E-state index in [9.17, 15) is 4.79 Å². The Morgan fingerprint density at radius 1 is 0.971 bits per heavy atom. The number of aromatic nitrogens is 4. The van der Waals surface area contributed by atoms with Crippen molar-refractivity contribution in [3.8, 4) is 11.3 Å². The molecular weight excluding hydrogens is 438 g/mol. The van der Waals surface area contributed by atoms with Crippen LogP contribution in [0.15, 0.2) is 65.7 Å². The van der Waals surface area contributed by atoms with E-state index in [4.69, 9.17) is 9.97 Å². The number of fused-ring (bicyclic) bond motifs is 1. The highest BCUT2D eigenvalue weighted by atomic mass is 16.1. The van der Waals surface area contributed by atoms with Crippen LogP contribution in [0.2, 0.25) is 0 Å². The molecule has 178 valence electrons. The molecule has 2 saturated heterocycles. The molecule has 35 heavy (non-hydrogen) atoms. The number of nitrogens with zero attached hydrogens (tertiary/aromatic N) is 4. The first-order chi connectivity index (χ1) is 17.3. The van der Waals surface area contributed by atoms with Crippen LogP contribution in [0.5, 0.6) is 0 Å². The highest BCUT2D eigenvalue weighted by Gasteiger charge is 2.29. The quantitative estimate of drug-likeness (QED) is 0.410. The minimum absolute atomic E-state index is 0.162. The van der Waals surface area contributed by atoms with Crippen LogP contribution in [0.1, 0.15) is 37.3 Å². The van der Waals surface area contributed by atoms with Gasteiger partial charge in [0.1, 0.15) is 11.4 Å². The Bertz CT molecular complexity index is 1380. The number of nitrogens with one attached hydrogen (secondary N) is 3. The van der Waals surface area contributed by atoms with Crippen molar-refractivity contribution in [2.24, 2.45) is 0 Å². The smallest absolute Gasteiger partial charge is 0.263 e. The Hall–Kier alpha value is -3.78. The summed E-state index contributed by atoms with van der Waals surface area (Å²) in [5.41, 5.74) is 2.99. The molecule has 5 heterocycles. The second-order valence-corrected chi connectivity index (χ2v) is 9.32. The van der Waals surface area contributed by atoms with E-state index in [1.807, 2.05) is 60.9 Å². The summed E-state index contributed by atoms with van der Waals surface area (Å²) in [6.45, 7) is 2.71. The Balaban J connectivity index is 1.44. The summed E-state index contributed by atoms with van der Waals surface area (Å²) in [6.07, 6.45) is 7.81. The second kappa shape index (κ2) is 9.46. The molecule has 2 fully saturated rings. The van der Waals surface area contributed by atoms with Crippen LogP contribution in [-0.4, -0.2) is 45.6 Å². The number of para-hydroxylation sites is 1. The van der Waals surface area contributed by atoms with Crippen LogP contribution in [0.4, 0.5) is 11.8 Å². The summed E-state index contributed by atoms with van der Waals surface area (Å²) in [5.74, 6) is 1.20. The van der Waals surface area contributed by atoms with E-state index < -0.39 is 0 Å². The molecule has 0 aliphatic carbocycles. The molecule has 8 heteroatoms. The minimum Gasteiger partial charge on any atom is -0.365 e. The van der Waals surface area contributed by atoms with Crippen molar-refractivity contribution in [2.45, 2.75) is 37.8 Å². The first-order valence-electron chi connectivity index (χ1n) is 12.4. The fourth-order valence-electron chi connectivity index (χ4n) is 5.27. The molecule has 0 bridgehead atoms. The predicted molar refractivity (Wildman–Crippen MR) is 139 cm³/mol. The van der Waals surface area contributed by atoms with Crippen LogP contribution in [0.25, 0.3) is 22.2 Å². The number of pyridine rings is 2. The van der Waals surface area contributed by atoms with Crippen molar-refractivity contribution in [1.29, 1.82) is 0 Å². The molecule has 4 aromatic rings. The van der Waals surface area contributed by atoms with Crippen LogP contribution in [0.3, 0.4) is 0 Å². The minimum atomic E-state index is -0.176. The van der Waals surface area contributed by atoms with Crippen molar-refractivity contribution >= 4 is 22.7 Å². The maximum atomic E-state index is 13.6. The lowest BCUT2D eigenvalue weighted by Crippen LogP contribution is -2.39. The normalized spacial score (nSPS) is 20.3. The maximum Gasteiger partial charge on any atom is 0.263 e. The van der Waals surface area contributed by atoms with Crippen molar-refractivity contribution in [1.82, 2.24) is 25.3 Å². The molecule has 6 rings (SSSR count). The van der Waals surface area contributed by atoms with Gasteiger partial charge in [-0.1, -0.05) is 24.3 Å². The fraction of sp³-hybridized carbons (Fsp3) is 0.333. The average molecular weight is 468 g/mol. The van der Waals surface area contributed by atoms with Crippen molar-refractivity contribution in [2.75, 3.05) is 29.9 Å². The van der Waals surface area contributed by atoms with Gasteiger partial charge in [0.05, 0.1) is 17.3 Å². The van der Waals surface area contributed by atoms with Gasteiger partial charge in [0.2, 0.25) is 5.95 Å². The number of aromatic amines is 1. The SMILES string of the molecule is O=c1[nH]c(N2CCCC2c2ccncc2)nc(NC2CCCNC2)c1-c1ccc2ccccc2n1. The van der Waals surface area contributed by atoms with Gasteiger partial charge in [-0.2, -0.15) is 4.98 Å². The van der Waals surface area contributed by atoms with Crippen LogP contribution in [-0.2, 0) is 0 Å². The lowest BCUT2D eigenvalue weighted by atomic mass is 10.1. The molecule has 0 amide bonds. The maximum absolute atomic E-state index is 13.6. The van der Waals surface area contributed by atoms with Crippen LogP contribution >= 0.6 is 0 Å². The summed E-state index contributed by atoms with van der Waals surface area (Å²) in [4.78, 5) is 32.9. The number of hydrogen-bond donors (Lipinski definition) is 3. The summed E-state index contributed by atoms with van der Waals surface area (Å²) >= 11 is 0. The van der Waals surface area contributed by atoms with Gasteiger partial charge in [0.25, 0.3) is 5.56 Å². The Kier molecular flexibility index (Phi) is 5.88. The summed E-state index contributed by atoms with van der Waals surface area (Å²) in [6, 6.07) is 16.3. The zero-order chi connectivity index (χ0) is 23.6. The third-order valence-corrected chi connectivity index (χ3v) is 7.01. The second-order valence-electron chi connectivity index (χ2n) is 9.32. The van der Waals surface area contributed by atoms with Crippen molar-refractivity contribution in [3.05, 3.63) is 76.8 Å². The topological polar surface area (TPSA) is 98.8 Å². The molecule has 0 saturated carbocycles. The van der Waals surface area contributed by atoms with Gasteiger partial charge in [-0.05, 0) is 62.1 Å². The van der Waals surface area contributed by atoms with E-state index in [0.29, 0.717) is 23.0 Å². The van der Waals surface area contributed by atoms with E-state index in [1.54, 1.807) is 0 Å². The molecule has 2 aliphatic rings. The standard InChI is InChI=1S/C27H29N7O/c35-26-24(22-10-9-18-5-1-2-7-21(18)31-22)25(30-20-6-3-13-29-17-20)32-27(33-26)34-16-4-8-23(34)19-11-14-28-15-12-19/h1-2,5,7,9-12,14-15,20,23,29H,3-4,6,8,13,16-17H2,(H2,30,32,33,35). The summed E-state index contributed by atoms with van der Waals surface area (Å²) in [5, 5.41) is 8.07. The van der Waals surface area contributed by atoms with Crippen LogP contribution in [0, 0.1) is 0 Å². The summed E-state index contributed by atoms with van der Waals surface area (Å²) < 4.78 is 0. The first-order valence-corrected chi connectivity index (χ1v) is 12.4. The van der Waals surface area contributed by atoms with Gasteiger partial charge in [0.15, 0.2) is 0 Å². The molecule has 3 N–H and O–H groups in total. The highest BCUT2D eigenvalue weighted by Crippen LogP contribution is 2.35.